The van der Waals surface area contributed by atoms with E-state index in [1.165, 1.54) is 12.8 Å². The molecule has 1 fully saturated rings. The first-order valence-corrected chi connectivity index (χ1v) is 6.65. The van der Waals surface area contributed by atoms with Crippen molar-refractivity contribution in [2.75, 3.05) is 20.1 Å². The average Bonchev–Trinajstić information content (AvgIpc) is 3.01. The van der Waals surface area contributed by atoms with Gasteiger partial charge in [-0.25, -0.2) is 0 Å². The number of furan rings is 1. The molecule has 0 bridgehead atoms. The fourth-order valence-electron chi connectivity index (χ4n) is 2.40. The van der Waals surface area contributed by atoms with Gasteiger partial charge in [0.25, 0.3) is 0 Å². The van der Waals surface area contributed by atoms with Crippen LogP contribution < -0.4 is 5.32 Å². The molecule has 4 nitrogen and oxygen atoms in total. The van der Waals surface area contributed by atoms with E-state index in [4.69, 9.17) is 4.42 Å². The SMILES string of the molecule is CCC1(C)CCN(C(=NC)NCc2ccco2)C1.I. The van der Waals surface area contributed by atoms with Crippen LogP contribution in [-0.4, -0.2) is 31.0 Å². The van der Waals surface area contributed by atoms with E-state index in [1.54, 1.807) is 6.26 Å². The molecule has 2 rings (SSSR count). The van der Waals surface area contributed by atoms with Gasteiger partial charge >= 0.3 is 0 Å². The van der Waals surface area contributed by atoms with Crippen molar-refractivity contribution in [1.29, 1.82) is 0 Å². The lowest BCUT2D eigenvalue weighted by molar-refractivity contribution is 0.321. The van der Waals surface area contributed by atoms with Crippen molar-refractivity contribution in [2.24, 2.45) is 10.4 Å². The lowest BCUT2D eigenvalue weighted by atomic mass is 9.87. The molecule has 0 aromatic carbocycles. The van der Waals surface area contributed by atoms with Crippen molar-refractivity contribution >= 4 is 29.9 Å². The molecule has 1 aliphatic heterocycles. The molecule has 0 amide bonds. The van der Waals surface area contributed by atoms with Gasteiger partial charge in [0.15, 0.2) is 5.96 Å². The number of nitrogens with one attached hydrogen (secondary N) is 1. The van der Waals surface area contributed by atoms with Crippen LogP contribution in [0.1, 0.15) is 32.4 Å². The highest BCUT2D eigenvalue weighted by Crippen LogP contribution is 2.32. The third kappa shape index (κ3) is 4.12. The third-order valence-corrected chi connectivity index (χ3v) is 3.92. The molecular formula is C14H24IN3O. The van der Waals surface area contributed by atoms with Crippen LogP contribution in [0.3, 0.4) is 0 Å². The Balaban J connectivity index is 0.00000180. The van der Waals surface area contributed by atoms with Crippen LogP contribution >= 0.6 is 24.0 Å². The summed E-state index contributed by atoms with van der Waals surface area (Å²) in [6.45, 7) is 7.48. The number of halogens is 1. The Kier molecular flexibility index (Phi) is 6.16. The maximum Gasteiger partial charge on any atom is 0.194 e. The van der Waals surface area contributed by atoms with Crippen LogP contribution in [0.25, 0.3) is 0 Å². The highest BCUT2D eigenvalue weighted by Gasteiger charge is 2.33. The molecule has 108 valence electrons. The van der Waals surface area contributed by atoms with Gasteiger partial charge in [0, 0.05) is 20.1 Å². The van der Waals surface area contributed by atoms with Gasteiger partial charge in [-0.2, -0.15) is 0 Å². The van der Waals surface area contributed by atoms with E-state index in [0.29, 0.717) is 12.0 Å². The van der Waals surface area contributed by atoms with Gasteiger partial charge in [0.2, 0.25) is 0 Å². The topological polar surface area (TPSA) is 40.8 Å². The first-order valence-electron chi connectivity index (χ1n) is 6.65. The monoisotopic (exact) mass is 377 g/mol. The van der Waals surface area contributed by atoms with E-state index in [9.17, 15) is 0 Å². The highest BCUT2D eigenvalue weighted by molar-refractivity contribution is 14.0. The van der Waals surface area contributed by atoms with Crippen LogP contribution in [0.15, 0.2) is 27.8 Å². The lowest BCUT2D eigenvalue weighted by Crippen LogP contribution is -2.40. The number of rotatable bonds is 3. The number of hydrogen-bond donors (Lipinski definition) is 1. The molecule has 1 N–H and O–H groups in total. The number of nitrogens with zero attached hydrogens (tertiary/aromatic N) is 2. The fourth-order valence-corrected chi connectivity index (χ4v) is 2.40. The molecular weight excluding hydrogens is 353 g/mol. The largest absolute Gasteiger partial charge is 0.467 e. The Morgan fingerprint density at radius 3 is 2.89 bits per heavy atom. The Hall–Kier alpha value is -0.720. The Morgan fingerprint density at radius 2 is 2.37 bits per heavy atom. The third-order valence-electron chi connectivity index (χ3n) is 3.92. The molecule has 0 saturated carbocycles. The normalized spacial score (nSPS) is 23.3. The van der Waals surface area contributed by atoms with Crippen molar-refractivity contribution < 1.29 is 4.42 Å². The van der Waals surface area contributed by atoms with E-state index in [1.807, 2.05) is 19.2 Å². The summed E-state index contributed by atoms with van der Waals surface area (Å²) in [7, 11) is 1.84. The zero-order valence-electron chi connectivity index (χ0n) is 12.0. The van der Waals surface area contributed by atoms with Crippen molar-refractivity contribution in [2.45, 2.75) is 33.2 Å². The van der Waals surface area contributed by atoms with Gasteiger partial charge in [-0.05, 0) is 30.4 Å². The summed E-state index contributed by atoms with van der Waals surface area (Å²) in [4.78, 5) is 6.70. The van der Waals surface area contributed by atoms with E-state index in [0.717, 1.165) is 24.8 Å². The first-order chi connectivity index (χ1) is 8.67. The zero-order valence-corrected chi connectivity index (χ0v) is 14.3. The molecule has 1 aromatic heterocycles. The molecule has 1 aliphatic rings. The summed E-state index contributed by atoms with van der Waals surface area (Å²) in [5, 5.41) is 3.36. The van der Waals surface area contributed by atoms with Crippen LogP contribution in [0, 0.1) is 5.41 Å². The minimum Gasteiger partial charge on any atom is -0.467 e. The number of likely N-dealkylation sites (tertiary alicyclic amines) is 1. The minimum atomic E-state index is 0. The quantitative estimate of drug-likeness (QED) is 0.500. The second-order valence-corrected chi connectivity index (χ2v) is 5.32. The van der Waals surface area contributed by atoms with Crippen LogP contribution in [0.2, 0.25) is 0 Å². The van der Waals surface area contributed by atoms with Crippen molar-refractivity contribution in [1.82, 2.24) is 10.2 Å². The first kappa shape index (κ1) is 16.3. The molecule has 1 saturated heterocycles. The van der Waals surface area contributed by atoms with Crippen LogP contribution in [-0.2, 0) is 6.54 Å². The van der Waals surface area contributed by atoms with Crippen molar-refractivity contribution in [3.8, 4) is 0 Å². The smallest absolute Gasteiger partial charge is 0.194 e. The molecule has 1 atom stereocenters. The van der Waals surface area contributed by atoms with Gasteiger partial charge in [-0.3, -0.25) is 4.99 Å². The summed E-state index contributed by atoms with van der Waals surface area (Å²) >= 11 is 0. The highest BCUT2D eigenvalue weighted by atomic mass is 127. The van der Waals surface area contributed by atoms with E-state index in [-0.39, 0.29) is 24.0 Å². The summed E-state index contributed by atoms with van der Waals surface area (Å²) < 4.78 is 5.32. The molecule has 19 heavy (non-hydrogen) atoms. The van der Waals surface area contributed by atoms with Crippen molar-refractivity contribution in [3.63, 3.8) is 0 Å². The average molecular weight is 377 g/mol. The predicted molar refractivity (Wildman–Crippen MR) is 88.9 cm³/mol. The van der Waals surface area contributed by atoms with Gasteiger partial charge in [-0.1, -0.05) is 13.8 Å². The second kappa shape index (κ2) is 7.17. The van der Waals surface area contributed by atoms with Gasteiger partial charge in [0.05, 0.1) is 12.8 Å². The van der Waals surface area contributed by atoms with Crippen LogP contribution in [0.4, 0.5) is 0 Å². The molecule has 0 radical (unpaired) electrons. The summed E-state index contributed by atoms with van der Waals surface area (Å²) in [5.74, 6) is 1.91. The maximum absolute atomic E-state index is 5.32. The van der Waals surface area contributed by atoms with E-state index < -0.39 is 0 Å². The van der Waals surface area contributed by atoms with Crippen molar-refractivity contribution in [3.05, 3.63) is 24.2 Å². The number of aliphatic imine (C=N–C) groups is 1. The fraction of sp³-hybridized carbons (Fsp3) is 0.643. The molecule has 0 aliphatic carbocycles. The second-order valence-electron chi connectivity index (χ2n) is 5.32. The molecule has 1 unspecified atom stereocenters. The summed E-state index contributed by atoms with van der Waals surface area (Å²) in [5.41, 5.74) is 0.433. The molecule has 2 heterocycles. The standard InChI is InChI=1S/C14H23N3O.HI/c1-4-14(2)7-8-17(11-14)13(15-3)16-10-12-6-5-9-18-12;/h5-6,9H,4,7-8,10-11H2,1-3H3,(H,15,16);1H. The summed E-state index contributed by atoms with van der Waals surface area (Å²) in [6.07, 6.45) is 4.16. The lowest BCUT2D eigenvalue weighted by Gasteiger charge is -2.25. The van der Waals surface area contributed by atoms with E-state index >= 15 is 0 Å². The molecule has 5 heteroatoms. The minimum absolute atomic E-state index is 0. The summed E-state index contributed by atoms with van der Waals surface area (Å²) in [6, 6.07) is 3.88. The van der Waals surface area contributed by atoms with Crippen LogP contribution in [0.5, 0.6) is 0 Å². The Labute approximate surface area is 132 Å². The molecule has 0 spiro atoms. The molecule has 1 aromatic rings. The Bertz CT molecular complexity index is 405. The number of hydrogen-bond acceptors (Lipinski definition) is 2. The van der Waals surface area contributed by atoms with Gasteiger partial charge in [-0.15, -0.1) is 24.0 Å². The zero-order chi connectivity index (χ0) is 13.0. The van der Waals surface area contributed by atoms with Gasteiger partial charge in [0.1, 0.15) is 5.76 Å². The van der Waals surface area contributed by atoms with Gasteiger partial charge < -0.3 is 14.6 Å². The maximum atomic E-state index is 5.32. The number of guanidine groups is 1. The van der Waals surface area contributed by atoms with E-state index in [2.05, 4.69) is 29.1 Å². The Morgan fingerprint density at radius 1 is 1.58 bits per heavy atom. The predicted octanol–water partition coefficient (Wildman–Crippen LogP) is 3.10.